The zero-order valence-electron chi connectivity index (χ0n) is 14.7. The van der Waals surface area contributed by atoms with Gasteiger partial charge in [0.2, 0.25) is 16.0 Å². The normalized spacial score (nSPS) is 13.1. The van der Waals surface area contributed by atoms with Crippen molar-refractivity contribution >= 4 is 27.3 Å². The summed E-state index contributed by atoms with van der Waals surface area (Å²) >= 11 is 0. The van der Waals surface area contributed by atoms with Crippen molar-refractivity contribution in [1.82, 2.24) is 9.97 Å². The number of hydrogen-bond donors (Lipinski definition) is 3. The molecule has 0 saturated heterocycles. The first-order valence-electron chi connectivity index (χ1n) is 8.51. The summed E-state index contributed by atoms with van der Waals surface area (Å²) in [5.74, 6) is 0.394. The Morgan fingerprint density at radius 3 is 2.81 bits per heavy atom. The Morgan fingerprint density at radius 2 is 2.00 bits per heavy atom. The largest absolute Gasteiger partial charge is 0.384 e. The van der Waals surface area contributed by atoms with Gasteiger partial charge in [0, 0.05) is 29.7 Å². The molecule has 0 aliphatic carbocycles. The van der Waals surface area contributed by atoms with E-state index in [2.05, 4.69) is 32.7 Å². The third kappa shape index (κ3) is 3.49. The summed E-state index contributed by atoms with van der Waals surface area (Å²) in [6, 6.07) is 12.4. The molecule has 8 heteroatoms. The Bertz CT molecular complexity index is 1130. The summed E-state index contributed by atoms with van der Waals surface area (Å²) in [6.07, 6.45) is 2.71. The minimum atomic E-state index is -3.77. The van der Waals surface area contributed by atoms with Crippen LogP contribution < -0.4 is 15.8 Å². The van der Waals surface area contributed by atoms with Crippen LogP contribution in [0, 0.1) is 6.92 Å². The standard InChI is InChI=1S/C19H19N5O2S/c1-12-11-22-19(23-13-4-2-5-14(10-13)27(20,25)26)24-18(12)16-6-3-7-17-15(16)8-9-21-17/h2-7,10-11,21H,8-9H2,1H3,(H2,20,25,26)(H,22,23,24). The van der Waals surface area contributed by atoms with E-state index in [0.717, 1.165) is 35.5 Å². The number of fused-ring (bicyclic) bond motifs is 1. The first-order chi connectivity index (χ1) is 12.9. The van der Waals surface area contributed by atoms with Crippen LogP contribution in [-0.2, 0) is 16.4 Å². The maximum atomic E-state index is 11.5. The number of aryl methyl sites for hydroxylation is 1. The molecule has 0 amide bonds. The second-order valence-electron chi connectivity index (χ2n) is 6.43. The number of nitrogens with two attached hydrogens (primary N) is 1. The fourth-order valence-electron chi connectivity index (χ4n) is 3.22. The number of rotatable bonds is 4. The zero-order valence-corrected chi connectivity index (χ0v) is 15.5. The predicted octanol–water partition coefficient (Wildman–Crippen LogP) is 2.81. The van der Waals surface area contributed by atoms with Gasteiger partial charge in [-0.15, -0.1) is 0 Å². The van der Waals surface area contributed by atoms with Crippen LogP contribution >= 0.6 is 0 Å². The highest BCUT2D eigenvalue weighted by molar-refractivity contribution is 7.89. The van der Waals surface area contributed by atoms with Crippen molar-refractivity contribution in [3.05, 3.63) is 59.8 Å². The maximum absolute atomic E-state index is 11.5. The Kier molecular flexibility index (Phi) is 4.29. The van der Waals surface area contributed by atoms with E-state index in [1.165, 1.54) is 17.7 Å². The van der Waals surface area contributed by atoms with Crippen molar-refractivity contribution in [2.75, 3.05) is 17.2 Å². The lowest BCUT2D eigenvalue weighted by molar-refractivity contribution is 0.598. The Balaban J connectivity index is 1.71. The van der Waals surface area contributed by atoms with E-state index in [0.29, 0.717) is 11.6 Å². The Morgan fingerprint density at radius 1 is 1.19 bits per heavy atom. The summed E-state index contributed by atoms with van der Waals surface area (Å²) in [5, 5.41) is 11.6. The molecule has 2 heterocycles. The van der Waals surface area contributed by atoms with Crippen molar-refractivity contribution in [3.8, 4) is 11.3 Å². The fraction of sp³-hybridized carbons (Fsp3) is 0.158. The quantitative estimate of drug-likeness (QED) is 0.641. The molecule has 1 aliphatic heterocycles. The molecule has 0 bridgehead atoms. The molecule has 0 spiro atoms. The monoisotopic (exact) mass is 381 g/mol. The fourth-order valence-corrected chi connectivity index (χ4v) is 3.78. The number of nitrogens with one attached hydrogen (secondary N) is 2. The molecule has 7 nitrogen and oxygen atoms in total. The number of aromatic nitrogens is 2. The van der Waals surface area contributed by atoms with Crippen LogP contribution in [0.2, 0.25) is 0 Å². The van der Waals surface area contributed by atoms with Crippen LogP contribution in [0.1, 0.15) is 11.1 Å². The lowest BCUT2D eigenvalue weighted by atomic mass is 10.00. The molecular formula is C19H19N5O2S. The summed E-state index contributed by atoms with van der Waals surface area (Å²) in [6.45, 7) is 2.89. The number of hydrogen-bond acceptors (Lipinski definition) is 6. The van der Waals surface area contributed by atoms with Crippen LogP contribution in [0.25, 0.3) is 11.3 Å². The van der Waals surface area contributed by atoms with E-state index in [9.17, 15) is 8.42 Å². The minimum Gasteiger partial charge on any atom is -0.384 e. The van der Waals surface area contributed by atoms with Gasteiger partial charge in [-0.2, -0.15) is 0 Å². The van der Waals surface area contributed by atoms with E-state index >= 15 is 0 Å². The summed E-state index contributed by atoms with van der Waals surface area (Å²) < 4.78 is 23.1. The van der Waals surface area contributed by atoms with Gasteiger partial charge in [-0.25, -0.2) is 23.5 Å². The van der Waals surface area contributed by atoms with Gasteiger partial charge in [0.25, 0.3) is 0 Å². The average molecular weight is 381 g/mol. The molecule has 0 saturated carbocycles. The van der Waals surface area contributed by atoms with E-state index in [4.69, 9.17) is 5.14 Å². The van der Waals surface area contributed by atoms with Crippen LogP contribution in [0.15, 0.2) is 53.6 Å². The van der Waals surface area contributed by atoms with Crippen molar-refractivity contribution in [3.63, 3.8) is 0 Å². The van der Waals surface area contributed by atoms with E-state index in [1.54, 1.807) is 18.3 Å². The second-order valence-corrected chi connectivity index (χ2v) is 7.99. The molecule has 138 valence electrons. The maximum Gasteiger partial charge on any atom is 0.238 e. The number of anilines is 3. The third-order valence-electron chi connectivity index (χ3n) is 4.51. The topological polar surface area (TPSA) is 110 Å². The molecule has 3 aromatic rings. The highest BCUT2D eigenvalue weighted by atomic mass is 32.2. The number of benzene rings is 2. The van der Waals surface area contributed by atoms with Gasteiger partial charge >= 0.3 is 0 Å². The molecule has 0 radical (unpaired) electrons. The smallest absolute Gasteiger partial charge is 0.238 e. The lowest BCUT2D eigenvalue weighted by Gasteiger charge is -2.12. The van der Waals surface area contributed by atoms with Gasteiger partial charge in [0.05, 0.1) is 10.6 Å². The molecule has 0 unspecified atom stereocenters. The molecule has 4 N–H and O–H groups in total. The number of primary sulfonamides is 1. The summed E-state index contributed by atoms with van der Waals surface area (Å²) in [7, 11) is -3.77. The number of nitrogens with zero attached hydrogens (tertiary/aromatic N) is 2. The van der Waals surface area contributed by atoms with Crippen LogP contribution in [0.4, 0.5) is 17.3 Å². The molecule has 27 heavy (non-hydrogen) atoms. The molecule has 4 rings (SSSR count). The second kappa shape index (κ2) is 6.64. The highest BCUT2D eigenvalue weighted by Gasteiger charge is 2.18. The molecule has 2 aromatic carbocycles. The lowest BCUT2D eigenvalue weighted by Crippen LogP contribution is -2.12. The highest BCUT2D eigenvalue weighted by Crippen LogP contribution is 2.33. The first-order valence-corrected chi connectivity index (χ1v) is 10.1. The first kappa shape index (κ1) is 17.4. The molecule has 0 fully saturated rings. The van der Waals surface area contributed by atoms with E-state index < -0.39 is 10.0 Å². The van der Waals surface area contributed by atoms with Gasteiger partial charge in [-0.3, -0.25) is 0 Å². The van der Waals surface area contributed by atoms with Gasteiger partial charge < -0.3 is 10.6 Å². The predicted molar refractivity (Wildman–Crippen MR) is 105 cm³/mol. The van der Waals surface area contributed by atoms with Crippen molar-refractivity contribution in [1.29, 1.82) is 0 Å². The Labute approximate surface area is 157 Å². The van der Waals surface area contributed by atoms with Gasteiger partial charge in [-0.1, -0.05) is 18.2 Å². The van der Waals surface area contributed by atoms with Crippen LogP contribution in [0.5, 0.6) is 0 Å². The van der Waals surface area contributed by atoms with Crippen LogP contribution in [-0.4, -0.2) is 24.9 Å². The minimum absolute atomic E-state index is 0.0341. The van der Waals surface area contributed by atoms with E-state index in [1.807, 2.05) is 13.0 Å². The SMILES string of the molecule is Cc1cnc(Nc2cccc(S(N)(=O)=O)c2)nc1-c1cccc2c1CCN2. The van der Waals surface area contributed by atoms with Crippen molar-refractivity contribution in [2.24, 2.45) is 5.14 Å². The van der Waals surface area contributed by atoms with Gasteiger partial charge in [0.15, 0.2) is 0 Å². The molecule has 1 aliphatic rings. The van der Waals surface area contributed by atoms with Crippen molar-refractivity contribution < 1.29 is 8.42 Å². The number of sulfonamides is 1. The summed E-state index contributed by atoms with van der Waals surface area (Å²) in [4.78, 5) is 9.04. The Hall–Kier alpha value is -2.97. The zero-order chi connectivity index (χ0) is 19.0. The van der Waals surface area contributed by atoms with Crippen LogP contribution in [0.3, 0.4) is 0 Å². The van der Waals surface area contributed by atoms with Gasteiger partial charge in [0.1, 0.15) is 0 Å². The third-order valence-corrected chi connectivity index (χ3v) is 5.42. The van der Waals surface area contributed by atoms with E-state index in [-0.39, 0.29) is 4.90 Å². The van der Waals surface area contributed by atoms with Crippen molar-refractivity contribution in [2.45, 2.75) is 18.2 Å². The molecule has 1 aromatic heterocycles. The van der Waals surface area contributed by atoms with Gasteiger partial charge in [-0.05, 0) is 48.7 Å². The molecular weight excluding hydrogens is 362 g/mol. The average Bonchev–Trinajstić information content (AvgIpc) is 3.12. The molecule has 0 atom stereocenters. The summed E-state index contributed by atoms with van der Waals surface area (Å²) in [5.41, 5.74) is 5.85.